The Balaban J connectivity index is 1.21. The molecular weight excluding hydrogens is 529 g/mol. The third-order valence-electron chi connectivity index (χ3n) is 4.39. The Morgan fingerprint density at radius 2 is 1.12 bits per heavy atom. The van der Waals surface area contributed by atoms with Gasteiger partial charge in [0.2, 0.25) is 0 Å². The summed E-state index contributed by atoms with van der Waals surface area (Å²) in [5, 5.41) is 1.36. The van der Waals surface area contributed by atoms with Crippen molar-refractivity contribution in [2.75, 3.05) is 23.0 Å². The number of imidazole rings is 2. The van der Waals surface area contributed by atoms with Gasteiger partial charge in [0.1, 0.15) is 0 Å². The lowest BCUT2D eigenvalue weighted by Gasteiger charge is -2.00. The van der Waals surface area contributed by atoms with Crippen LogP contribution in [-0.4, -0.2) is 68.9 Å². The second kappa shape index (κ2) is 9.85. The van der Waals surface area contributed by atoms with E-state index >= 15 is 0 Å². The van der Waals surface area contributed by atoms with Crippen LogP contribution in [0.5, 0.6) is 0 Å². The molecule has 0 fully saturated rings. The Bertz CT molecular complexity index is 1400. The first-order valence-corrected chi connectivity index (χ1v) is 15.4. The van der Waals surface area contributed by atoms with Crippen LogP contribution in [0.25, 0.3) is 22.1 Å². The summed E-state index contributed by atoms with van der Waals surface area (Å²) in [6, 6.07) is 8.46. The van der Waals surface area contributed by atoms with E-state index in [2.05, 4.69) is 19.9 Å². The van der Waals surface area contributed by atoms with Crippen LogP contribution in [0.15, 0.2) is 56.5 Å². The van der Waals surface area contributed by atoms with E-state index in [1.807, 2.05) is 0 Å². The maximum Gasteiger partial charge on any atom is 0.294 e. The Hall–Kier alpha value is -1.75. The third kappa shape index (κ3) is 6.23. The van der Waals surface area contributed by atoms with Crippen LogP contribution >= 0.6 is 35.3 Å². The van der Waals surface area contributed by atoms with Crippen LogP contribution in [-0.2, 0) is 20.2 Å². The number of aromatic amines is 2. The molecule has 0 radical (unpaired) electrons. The number of hydrogen-bond acceptors (Lipinski definition) is 9. The van der Waals surface area contributed by atoms with Crippen molar-refractivity contribution < 1.29 is 25.9 Å². The fourth-order valence-corrected chi connectivity index (χ4v) is 6.77. The summed E-state index contributed by atoms with van der Waals surface area (Å²) in [6.07, 6.45) is 0. The lowest BCUT2D eigenvalue weighted by atomic mass is 10.3. The topological polar surface area (TPSA) is 166 Å². The van der Waals surface area contributed by atoms with Crippen LogP contribution in [0, 0.1) is 0 Å². The van der Waals surface area contributed by atoms with Crippen LogP contribution in [0.2, 0.25) is 0 Å². The molecule has 0 unspecified atom stereocenters. The highest BCUT2D eigenvalue weighted by Gasteiger charge is 2.13. The largest absolute Gasteiger partial charge is 0.333 e. The predicted octanol–water partition coefficient (Wildman–Crippen LogP) is 3.55. The first-order valence-electron chi connectivity index (χ1n) is 9.37. The number of fused-ring (bicyclic) bond motifs is 2. The van der Waals surface area contributed by atoms with Gasteiger partial charge in [-0.25, -0.2) is 9.97 Å². The van der Waals surface area contributed by atoms with E-state index in [0.717, 1.165) is 23.0 Å². The van der Waals surface area contributed by atoms with E-state index in [1.54, 1.807) is 23.9 Å². The van der Waals surface area contributed by atoms with Crippen molar-refractivity contribution in [3.8, 4) is 0 Å². The minimum atomic E-state index is -4.26. The van der Waals surface area contributed by atoms with Gasteiger partial charge < -0.3 is 9.97 Å². The van der Waals surface area contributed by atoms with E-state index < -0.39 is 20.2 Å². The molecule has 15 heteroatoms. The molecule has 4 rings (SSSR count). The summed E-state index contributed by atoms with van der Waals surface area (Å²) in [5.74, 6) is 3.39. The standard InChI is InChI=1S/C18H18N4O6S5/c23-32(24,25)11-1-3-13-15(9-11)21-17(19-13)30-7-5-29-6-8-31-18-20-14-4-2-12(33(26,27)28)10-16(14)22-18/h1-4,9-10H,5-8H2,(H,19,21)(H,20,22)(H,23,24,25)(H,26,27,28). The average molecular weight is 547 g/mol. The van der Waals surface area contributed by atoms with Crippen LogP contribution in [0.1, 0.15) is 0 Å². The molecule has 4 aromatic rings. The molecule has 0 aliphatic rings. The first-order chi connectivity index (χ1) is 15.6. The highest BCUT2D eigenvalue weighted by molar-refractivity contribution is 8.04. The average Bonchev–Trinajstić information content (AvgIpc) is 3.33. The van der Waals surface area contributed by atoms with E-state index in [4.69, 9.17) is 9.11 Å². The lowest BCUT2D eigenvalue weighted by molar-refractivity contribution is 0.481. The molecule has 0 atom stereocenters. The van der Waals surface area contributed by atoms with Crippen LogP contribution in [0.4, 0.5) is 0 Å². The molecular formula is C18H18N4O6S5. The van der Waals surface area contributed by atoms with Crippen molar-refractivity contribution in [2.24, 2.45) is 0 Å². The Morgan fingerprint density at radius 1 is 0.697 bits per heavy atom. The van der Waals surface area contributed by atoms with E-state index in [0.29, 0.717) is 32.4 Å². The molecule has 0 aliphatic carbocycles. The number of rotatable bonds is 10. The highest BCUT2D eigenvalue weighted by Crippen LogP contribution is 2.25. The van der Waals surface area contributed by atoms with Crippen LogP contribution < -0.4 is 0 Å². The quantitative estimate of drug-likeness (QED) is 0.130. The summed E-state index contributed by atoms with van der Waals surface area (Å²) in [7, 11) is -8.52. The smallest absolute Gasteiger partial charge is 0.294 e. The zero-order chi connectivity index (χ0) is 23.6. The van der Waals surface area contributed by atoms with Crippen molar-refractivity contribution in [1.82, 2.24) is 19.9 Å². The number of H-pyrrole nitrogens is 2. The second-order valence-electron chi connectivity index (χ2n) is 6.70. The van der Waals surface area contributed by atoms with Gasteiger partial charge in [-0.05, 0) is 36.4 Å². The van der Waals surface area contributed by atoms with Crippen molar-refractivity contribution in [2.45, 2.75) is 20.1 Å². The molecule has 0 spiro atoms. The van der Waals surface area contributed by atoms with Gasteiger partial charge in [-0.2, -0.15) is 28.6 Å². The Morgan fingerprint density at radius 3 is 1.52 bits per heavy atom. The zero-order valence-corrected chi connectivity index (χ0v) is 20.8. The monoisotopic (exact) mass is 546 g/mol. The number of aromatic nitrogens is 4. The normalized spacial score (nSPS) is 12.7. The summed E-state index contributed by atoms with van der Waals surface area (Å²) in [6.45, 7) is 0. The number of nitrogens with one attached hydrogen (secondary N) is 2. The molecule has 4 N–H and O–H groups in total. The summed E-state index contributed by atoms with van der Waals surface area (Å²) in [5.41, 5.74) is 2.35. The van der Waals surface area contributed by atoms with Crippen molar-refractivity contribution in [3.63, 3.8) is 0 Å². The highest BCUT2D eigenvalue weighted by atomic mass is 32.2. The molecule has 0 saturated heterocycles. The molecule has 176 valence electrons. The number of benzene rings is 2. The summed E-state index contributed by atoms with van der Waals surface area (Å²) in [4.78, 5) is 14.6. The minimum Gasteiger partial charge on any atom is -0.333 e. The third-order valence-corrected chi connectivity index (χ3v) is 9.35. The lowest BCUT2D eigenvalue weighted by Crippen LogP contribution is -1.97. The van der Waals surface area contributed by atoms with Gasteiger partial charge in [0.25, 0.3) is 20.2 Å². The van der Waals surface area contributed by atoms with Gasteiger partial charge in [0.05, 0.1) is 31.9 Å². The van der Waals surface area contributed by atoms with E-state index in [1.165, 1.54) is 47.8 Å². The molecule has 0 aliphatic heterocycles. The first kappa shape index (κ1) is 24.4. The minimum absolute atomic E-state index is 0.186. The van der Waals surface area contributed by atoms with Crippen molar-refractivity contribution in [1.29, 1.82) is 0 Å². The fraction of sp³-hybridized carbons (Fsp3) is 0.222. The van der Waals surface area contributed by atoms with Gasteiger partial charge >= 0.3 is 0 Å². The number of nitrogens with zero attached hydrogens (tertiary/aromatic N) is 2. The Kier molecular flexibility index (Phi) is 7.28. The van der Waals surface area contributed by atoms with Crippen molar-refractivity contribution in [3.05, 3.63) is 36.4 Å². The van der Waals surface area contributed by atoms with Gasteiger partial charge in [0.15, 0.2) is 10.3 Å². The SMILES string of the molecule is O=S(=O)(O)c1ccc2[nH]c(SCCSCCSc3nc4cc(S(=O)(=O)O)ccc4[nH]3)nc2c1. The molecule has 2 aromatic carbocycles. The summed E-state index contributed by atoms with van der Waals surface area (Å²) >= 11 is 4.82. The van der Waals surface area contributed by atoms with Gasteiger partial charge in [0, 0.05) is 23.0 Å². The van der Waals surface area contributed by atoms with E-state index in [9.17, 15) is 16.8 Å². The van der Waals surface area contributed by atoms with Gasteiger partial charge in [-0.3, -0.25) is 9.11 Å². The Labute approximate surface area is 202 Å². The molecule has 33 heavy (non-hydrogen) atoms. The fourth-order valence-electron chi connectivity index (χ4n) is 2.88. The summed E-state index contributed by atoms with van der Waals surface area (Å²) < 4.78 is 63.2. The molecule has 2 aromatic heterocycles. The molecule has 0 amide bonds. The second-order valence-corrected chi connectivity index (χ2v) is 12.9. The zero-order valence-electron chi connectivity index (χ0n) is 16.8. The van der Waals surface area contributed by atoms with E-state index in [-0.39, 0.29) is 9.79 Å². The van der Waals surface area contributed by atoms with Gasteiger partial charge in [-0.15, -0.1) is 0 Å². The molecule has 0 saturated carbocycles. The van der Waals surface area contributed by atoms with Gasteiger partial charge in [-0.1, -0.05) is 23.5 Å². The van der Waals surface area contributed by atoms with Crippen molar-refractivity contribution >= 4 is 77.6 Å². The number of hydrogen-bond donors (Lipinski definition) is 4. The van der Waals surface area contributed by atoms with Crippen LogP contribution in [0.3, 0.4) is 0 Å². The predicted molar refractivity (Wildman–Crippen MR) is 131 cm³/mol. The number of thioether (sulfide) groups is 3. The molecule has 0 bridgehead atoms. The maximum absolute atomic E-state index is 11.2. The maximum atomic E-state index is 11.2. The molecule has 2 heterocycles. The molecule has 10 nitrogen and oxygen atoms in total.